The predicted molar refractivity (Wildman–Crippen MR) is 212 cm³/mol. The summed E-state index contributed by atoms with van der Waals surface area (Å²) in [4.78, 5) is 0. The average molecular weight is 824 g/mol. The van der Waals surface area contributed by atoms with E-state index in [9.17, 15) is 0 Å². The Hall–Kier alpha value is -1.99. The molecule has 5 aromatic rings. The van der Waals surface area contributed by atoms with E-state index in [1.165, 1.54) is 54.9 Å². The number of fused-ring (bicyclic) bond motifs is 3. The maximum atomic E-state index is 5.84. The Bertz CT molecular complexity index is 1850. The minimum Gasteiger partial charge on any atom is -1.00 e. The molecule has 6 rings (SSSR count). The van der Waals surface area contributed by atoms with Crippen LogP contribution in [0.2, 0.25) is 10.0 Å². The first kappa shape index (κ1) is 44.2. The molecule has 0 aromatic heterocycles. The van der Waals surface area contributed by atoms with E-state index in [0.29, 0.717) is 11.8 Å². The molecule has 1 atom stereocenters. The van der Waals surface area contributed by atoms with Crippen molar-refractivity contribution < 1.29 is 47.1 Å². The van der Waals surface area contributed by atoms with Crippen molar-refractivity contribution in [3.05, 3.63) is 147 Å². The van der Waals surface area contributed by atoms with E-state index in [0.717, 1.165) is 10.0 Å². The normalized spacial score (nSPS) is 13.8. The molecule has 0 N–H and O–H groups in total. The number of halogens is 4. The van der Waals surface area contributed by atoms with Crippen molar-refractivity contribution in [3.8, 4) is 0 Å². The first-order valence-corrected chi connectivity index (χ1v) is 20.5. The van der Waals surface area contributed by atoms with Crippen LogP contribution < -0.4 is 24.8 Å². The second kappa shape index (κ2) is 19.2. The molecule has 0 nitrogen and oxygen atoms in total. The van der Waals surface area contributed by atoms with Gasteiger partial charge in [0.25, 0.3) is 0 Å². The molecule has 0 radical (unpaired) electrons. The van der Waals surface area contributed by atoms with Gasteiger partial charge in [-0.15, -0.1) is 39.7 Å². The molecule has 1 aliphatic carbocycles. The van der Waals surface area contributed by atoms with E-state index in [1.54, 1.807) is 0 Å². The van der Waals surface area contributed by atoms with Crippen LogP contribution in [0.5, 0.6) is 0 Å². The van der Waals surface area contributed by atoms with Crippen LogP contribution >= 0.6 is 23.2 Å². The summed E-state index contributed by atoms with van der Waals surface area (Å²) in [5, 5.41) is 7.05. The monoisotopic (exact) mass is 820 g/mol. The van der Waals surface area contributed by atoms with Gasteiger partial charge in [-0.1, -0.05) is 116 Å². The summed E-state index contributed by atoms with van der Waals surface area (Å²) in [6.07, 6.45) is 5.68. The summed E-state index contributed by atoms with van der Waals surface area (Å²) < 4.78 is 4.66. The molecule has 0 saturated carbocycles. The fourth-order valence-corrected chi connectivity index (χ4v) is 8.14. The van der Waals surface area contributed by atoms with E-state index in [-0.39, 0.29) is 35.6 Å². The zero-order valence-corrected chi connectivity index (χ0v) is 36.5. The second-order valence-corrected chi connectivity index (χ2v) is 18.3. The van der Waals surface area contributed by atoms with Gasteiger partial charge in [0.15, 0.2) is 0 Å². The van der Waals surface area contributed by atoms with Crippen LogP contribution in [0.4, 0.5) is 0 Å². The second-order valence-electron chi connectivity index (χ2n) is 15.1. The van der Waals surface area contributed by atoms with Crippen molar-refractivity contribution in [1.29, 1.82) is 0 Å². The molecule has 50 heavy (non-hydrogen) atoms. The minimum absolute atomic E-state index is 0. The molecule has 5 heteroatoms. The number of allylic oxidation sites excluding steroid dienone is 4. The number of hydrogen-bond donors (Lipinski definition) is 0. The van der Waals surface area contributed by atoms with E-state index < -0.39 is 22.3 Å². The molecule has 0 amide bonds. The third-order valence-corrected chi connectivity index (χ3v) is 11.6. The van der Waals surface area contributed by atoms with Crippen LogP contribution in [0.25, 0.3) is 21.5 Å². The third-order valence-electron chi connectivity index (χ3n) is 8.61. The first-order chi connectivity index (χ1) is 22.5. The molecule has 266 valence electrons. The van der Waals surface area contributed by atoms with Gasteiger partial charge in [-0.25, -0.2) is 5.57 Å². The van der Waals surface area contributed by atoms with Gasteiger partial charge in [-0.3, -0.25) is 6.08 Å². The SMILES string of the molecule is CC(C)(C)c1ccc2c(c1)[cH-]c1cc(C(C)(C)C)ccc12.CC1=[C-]C(C)C=C1C(C)C.Clc1ccc([CH]=[Zr]=[CH]c2ccc(Cl)cc2)cc1.[Cl-].[Cl-]. The van der Waals surface area contributed by atoms with E-state index in [1.807, 2.05) is 24.3 Å². The van der Waals surface area contributed by atoms with Crippen molar-refractivity contribution in [1.82, 2.24) is 0 Å². The smallest absolute Gasteiger partial charge is 1.00 e. The largest absolute Gasteiger partial charge is 1.00 e. The van der Waals surface area contributed by atoms with Crippen molar-refractivity contribution in [2.75, 3.05) is 0 Å². The van der Waals surface area contributed by atoms with Crippen LogP contribution in [0, 0.1) is 17.9 Å². The molecule has 5 aromatic carbocycles. The average Bonchev–Trinajstić information content (AvgIpc) is 3.56. The minimum atomic E-state index is -0.623. The maximum Gasteiger partial charge on any atom is -1.00 e. The summed E-state index contributed by atoms with van der Waals surface area (Å²) in [5.41, 5.74) is 8.55. The summed E-state index contributed by atoms with van der Waals surface area (Å²) in [6, 6.07) is 32.1. The molecular formula is C45H50Cl4Zr-4. The quantitative estimate of drug-likeness (QED) is 0.167. The maximum absolute atomic E-state index is 5.84. The van der Waals surface area contributed by atoms with E-state index in [4.69, 9.17) is 23.2 Å². The van der Waals surface area contributed by atoms with Gasteiger partial charge >= 0.3 is 123 Å². The zero-order valence-electron chi connectivity index (χ0n) is 31.1. The van der Waals surface area contributed by atoms with Crippen LogP contribution in [0.3, 0.4) is 0 Å². The topological polar surface area (TPSA) is 0 Å². The van der Waals surface area contributed by atoms with Crippen LogP contribution in [-0.4, -0.2) is 7.42 Å². The fraction of sp³-hybridized carbons (Fsp3) is 0.311. The summed E-state index contributed by atoms with van der Waals surface area (Å²) in [7, 11) is 0. The molecular weight excluding hydrogens is 774 g/mol. The van der Waals surface area contributed by atoms with Crippen LogP contribution in [0.15, 0.2) is 108 Å². The van der Waals surface area contributed by atoms with E-state index in [2.05, 4.69) is 156 Å². The Morgan fingerprint density at radius 2 is 1.08 bits per heavy atom. The Morgan fingerprint density at radius 3 is 1.38 bits per heavy atom. The van der Waals surface area contributed by atoms with E-state index >= 15 is 0 Å². The Morgan fingerprint density at radius 1 is 0.680 bits per heavy atom. The molecule has 1 aliphatic rings. The van der Waals surface area contributed by atoms with Gasteiger partial charge < -0.3 is 24.8 Å². The number of benzene rings is 4. The number of rotatable bonds is 3. The molecule has 0 saturated heterocycles. The predicted octanol–water partition coefficient (Wildman–Crippen LogP) is 7.36. The molecule has 0 aliphatic heterocycles. The fourth-order valence-electron chi connectivity index (χ4n) is 5.79. The zero-order chi connectivity index (χ0) is 35.2. The van der Waals surface area contributed by atoms with Crippen LogP contribution in [0.1, 0.15) is 91.5 Å². The summed E-state index contributed by atoms with van der Waals surface area (Å²) in [6.45, 7) is 22.4. The molecule has 0 bridgehead atoms. The van der Waals surface area contributed by atoms with Crippen molar-refractivity contribution >= 4 is 52.2 Å². The first-order valence-electron chi connectivity index (χ1n) is 16.9. The van der Waals surface area contributed by atoms with Crippen molar-refractivity contribution in [2.45, 2.75) is 80.1 Å². The van der Waals surface area contributed by atoms with Gasteiger partial charge in [0.2, 0.25) is 0 Å². The van der Waals surface area contributed by atoms with Crippen LogP contribution in [-0.2, 0) is 33.1 Å². The Balaban J connectivity index is 0.000000270. The van der Waals surface area contributed by atoms with Crippen molar-refractivity contribution in [3.63, 3.8) is 0 Å². The van der Waals surface area contributed by atoms with Crippen molar-refractivity contribution in [2.24, 2.45) is 11.8 Å². The molecule has 0 spiro atoms. The van der Waals surface area contributed by atoms with Gasteiger partial charge in [0.05, 0.1) is 0 Å². The number of hydrogen-bond acceptors (Lipinski definition) is 0. The Labute approximate surface area is 335 Å². The Kier molecular flexibility index (Phi) is 17.0. The van der Waals surface area contributed by atoms with Gasteiger partial charge in [-0.05, 0) is 10.8 Å². The molecule has 1 unspecified atom stereocenters. The molecule has 0 fully saturated rings. The van der Waals surface area contributed by atoms with Gasteiger partial charge in [0.1, 0.15) is 0 Å². The summed E-state index contributed by atoms with van der Waals surface area (Å²) in [5.74, 6) is 1.20. The molecule has 0 heterocycles. The van der Waals surface area contributed by atoms with Gasteiger partial charge in [0, 0.05) is 0 Å². The van der Waals surface area contributed by atoms with Gasteiger partial charge in [-0.2, -0.15) is 11.6 Å². The third kappa shape index (κ3) is 12.6. The standard InChI is InChI=1S/C21H25.C10H15.2C7H5Cl.2ClH.Zr/c1-20(2,3)16-7-9-18-14(12-16)11-15-13-17(21(4,5)6)8-10-19(15)18;1-7(2)10-6-8(3)5-9(10)4;2*1-6-2-4-7(8)5-3-6;;;/h7-13H,1-6H3;6-8H,1-4H3;2*1-5H;2*1H;/q2*-1;;;;;/p-2. The summed E-state index contributed by atoms with van der Waals surface area (Å²) >= 11 is 11.0.